The fourth-order valence-corrected chi connectivity index (χ4v) is 3.23. The number of anilines is 1. The van der Waals surface area contributed by atoms with E-state index in [4.69, 9.17) is 4.74 Å². The average molecular weight is 268 g/mol. The van der Waals surface area contributed by atoms with Crippen LogP contribution >= 0.6 is 11.3 Å². The van der Waals surface area contributed by atoms with Crippen molar-refractivity contribution in [3.63, 3.8) is 0 Å². The molecular formula is C13H20N2O2S. The molecule has 100 valence electrons. The van der Waals surface area contributed by atoms with Gasteiger partial charge in [0.15, 0.2) is 0 Å². The molecule has 1 aromatic rings. The molecule has 4 nitrogen and oxygen atoms in total. The monoisotopic (exact) mass is 268 g/mol. The van der Waals surface area contributed by atoms with E-state index < -0.39 is 0 Å². The third-order valence-corrected chi connectivity index (χ3v) is 4.45. The maximum absolute atomic E-state index is 11.2. The Morgan fingerprint density at radius 2 is 2.06 bits per heavy atom. The summed E-state index contributed by atoms with van der Waals surface area (Å²) in [5, 5.41) is 3.95. The lowest BCUT2D eigenvalue weighted by molar-refractivity contribution is -0.114. The molecule has 0 saturated carbocycles. The maximum Gasteiger partial charge on any atom is 0.221 e. The Morgan fingerprint density at radius 1 is 1.39 bits per heavy atom. The standard InChI is InChI=1S/C13H20N2O2S/c1-9-10(2)18-13(14-11(3)16)12(9)8-15-4-6-17-7-5-15/h4-8H2,1-3H3,(H,14,16). The highest BCUT2D eigenvalue weighted by Crippen LogP contribution is 2.33. The molecule has 0 aromatic carbocycles. The van der Waals surface area contributed by atoms with E-state index in [1.807, 2.05) is 0 Å². The highest BCUT2D eigenvalue weighted by Gasteiger charge is 2.18. The number of thiophene rings is 1. The first-order valence-electron chi connectivity index (χ1n) is 6.24. The van der Waals surface area contributed by atoms with Crippen molar-refractivity contribution in [1.29, 1.82) is 0 Å². The van der Waals surface area contributed by atoms with Gasteiger partial charge in [0, 0.05) is 37.0 Å². The molecule has 0 aliphatic carbocycles. The third-order valence-electron chi connectivity index (χ3n) is 3.28. The van der Waals surface area contributed by atoms with Crippen LogP contribution in [0.2, 0.25) is 0 Å². The van der Waals surface area contributed by atoms with E-state index in [1.165, 1.54) is 16.0 Å². The smallest absolute Gasteiger partial charge is 0.221 e. The van der Waals surface area contributed by atoms with E-state index >= 15 is 0 Å². The topological polar surface area (TPSA) is 41.6 Å². The van der Waals surface area contributed by atoms with Crippen LogP contribution < -0.4 is 5.32 Å². The zero-order chi connectivity index (χ0) is 13.1. The number of aryl methyl sites for hydroxylation is 1. The molecule has 1 fully saturated rings. The molecule has 1 aliphatic rings. The van der Waals surface area contributed by atoms with Crippen LogP contribution in [0.3, 0.4) is 0 Å². The number of ether oxygens (including phenoxy) is 1. The molecule has 1 aliphatic heterocycles. The molecule has 0 bridgehead atoms. The van der Waals surface area contributed by atoms with Gasteiger partial charge in [0.25, 0.3) is 0 Å². The first kappa shape index (κ1) is 13.5. The molecule has 2 heterocycles. The molecule has 2 rings (SSSR count). The number of rotatable bonds is 3. The van der Waals surface area contributed by atoms with Gasteiger partial charge in [-0.05, 0) is 19.4 Å². The van der Waals surface area contributed by atoms with Crippen LogP contribution in [0.1, 0.15) is 22.9 Å². The van der Waals surface area contributed by atoms with Gasteiger partial charge in [-0.3, -0.25) is 9.69 Å². The fraction of sp³-hybridized carbons (Fsp3) is 0.615. The Bertz CT molecular complexity index is 436. The van der Waals surface area contributed by atoms with Gasteiger partial charge in [-0.2, -0.15) is 0 Å². The molecule has 0 atom stereocenters. The van der Waals surface area contributed by atoms with Crippen molar-refractivity contribution >= 4 is 22.2 Å². The molecule has 1 saturated heterocycles. The van der Waals surface area contributed by atoms with E-state index in [9.17, 15) is 4.79 Å². The summed E-state index contributed by atoms with van der Waals surface area (Å²) < 4.78 is 5.36. The minimum Gasteiger partial charge on any atom is -0.379 e. The van der Waals surface area contributed by atoms with Crippen molar-refractivity contribution in [2.45, 2.75) is 27.3 Å². The lowest BCUT2D eigenvalue weighted by atomic mass is 10.1. The van der Waals surface area contributed by atoms with Crippen LogP contribution in [0.15, 0.2) is 0 Å². The second-order valence-electron chi connectivity index (χ2n) is 4.66. The van der Waals surface area contributed by atoms with Crippen LogP contribution in [0, 0.1) is 13.8 Å². The first-order valence-corrected chi connectivity index (χ1v) is 7.06. The first-order chi connectivity index (χ1) is 8.58. The van der Waals surface area contributed by atoms with E-state index in [1.54, 1.807) is 18.3 Å². The number of amides is 1. The Hall–Kier alpha value is -0.910. The zero-order valence-corrected chi connectivity index (χ0v) is 12.0. The summed E-state index contributed by atoms with van der Waals surface area (Å²) in [7, 11) is 0. The largest absolute Gasteiger partial charge is 0.379 e. The Morgan fingerprint density at radius 3 is 2.67 bits per heavy atom. The van der Waals surface area contributed by atoms with Crippen molar-refractivity contribution in [3.05, 3.63) is 16.0 Å². The van der Waals surface area contributed by atoms with Gasteiger partial charge in [0.05, 0.1) is 18.2 Å². The molecule has 0 spiro atoms. The number of nitrogens with one attached hydrogen (secondary N) is 1. The predicted molar refractivity (Wildman–Crippen MR) is 74.2 cm³/mol. The van der Waals surface area contributed by atoms with E-state index in [0.29, 0.717) is 0 Å². The zero-order valence-electron chi connectivity index (χ0n) is 11.2. The Labute approximate surface area is 112 Å². The summed E-state index contributed by atoms with van der Waals surface area (Å²) in [6.45, 7) is 10.2. The molecule has 0 unspecified atom stereocenters. The molecule has 18 heavy (non-hydrogen) atoms. The number of nitrogens with zero attached hydrogens (tertiary/aromatic N) is 1. The van der Waals surface area contributed by atoms with Gasteiger partial charge in [0.1, 0.15) is 0 Å². The van der Waals surface area contributed by atoms with Crippen LogP contribution in [-0.2, 0) is 16.1 Å². The van der Waals surface area contributed by atoms with Crippen molar-refractivity contribution < 1.29 is 9.53 Å². The number of morpholine rings is 1. The van der Waals surface area contributed by atoms with E-state index in [0.717, 1.165) is 37.8 Å². The molecule has 1 amide bonds. The van der Waals surface area contributed by atoms with Crippen LogP contribution in [0.25, 0.3) is 0 Å². The number of hydrogen-bond donors (Lipinski definition) is 1. The highest BCUT2D eigenvalue weighted by atomic mass is 32.1. The third kappa shape index (κ3) is 3.10. The summed E-state index contributed by atoms with van der Waals surface area (Å²) >= 11 is 1.67. The van der Waals surface area contributed by atoms with Crippen molar-refractivity contribution in [3.8, 4) is 0 Å². The van der Waals surface area contributed by atoms with E-state index in [2.05, 4.69) is 24.1 Å². The highest BCUT2D eigenvalue weighted by molar-refractivity contribution is 7.16. The molecule has 0 radical (unpaired) electrons. The van der Waals surface area contributed by atoms with Crippen LogP contribution in [0.4, 0.5) is 5.00 Å². The number of carbonyl (C=O) groups is 1. The average Bonchev–Trinajstić information content (AvgIpc) is 2.58. The summed E-state index contributed by atoms with van der Waals surface area (Å²) in [4.78, 5) is 14.9. The number of hydrogen-bond acceptors (Lipinski definition) is 4. The van der Waals surface area contributed by atoms with Gasteiger partial charge in [-0.25, -0.2) is 0 Å². The summed E-state index contributed by atoms with van der Waals surface area (Å²) in [6.07, 6.45) is 0. The molecule has 1 N–H and O–H groups in total. The maximum atomic E-state index is 11.2. The Balaban J connectivity index is 2.16. The molecule has 1 aromatic heterocycles. The van der Waals surface area contributed by atoms with E-state index in [-0.39, 0.29) is 5.91 Å². The second-order valence-corrected chi connectivity index (χ2v) is 5.89. The predicted octanol–water partition coefficient (Wildman–Crippen LogP) is 2.16. The van der Waals surface area contributed by atoms with Gasteiger partial charge >= 0.3 is 0 Å². The lowest BCUT2D eigenvalue weighted by Crippen LogP contribution is -2.35. The van der Waals surface area contributed by atoms with Crippen molar-refractivity contribution in [2.75, 3.05) is 31.6 Å². The summed E-state index contributed by atoms with van der Waals surface area (Å²) in [6, 6.07) is 0. The van der Waals surface area contributed by atoms with Gasteiger partial charge in [0.2, 0.25) is 5.91 Å². The minimum atomic E-state index is -0.000484. The van der Waals surface area contributed by atoms with Gasteiger partial charge in [-0.15, -0.1) is 11.3 Å². The summed E-state index contributed by atoms with van der Waals surface area (Å²) in [5.41, 5.74) is 2.56. The van der Waals surface area contributed by atoms with Gasteiger partial charge < -0.3 is 10.1 Å². The SMILES string of the molecule is CC(=O)Nc1sc(C)c(C)c1CN1CCOCC1. The van der Waals surface area contributed by atoms with Crippen LogP contribution in [-0.4, -0.2) is 37.1 Å². The lowest BCUT2D eigenvalue weighted by Gasteiger charge is -2.27. The molecule has 5 heteroatoms. The number of carbonyl (C=O) groups excluding carboxylic acids is 1. The Kier molecular flexibility index (Phi) is 4.37. The summed E-state index contributed by atoms with van der Waals surface area (Å²) in [5.74, 6) is -0.000484. The quantitative estimate of drug-likeness (QED) is 0.913. The second kappa shape index (κ2) is 5.82. The minimum absolute atomic E-state index is 0.000484. The normalized spacial score (nSPS) is 16.8. The van der Waals surface area contributed by atoms with Crippen molar-refractivity contribution in [1.82, 2.24) is 4.90 Å². The molecular weight excluding hydrogens is 248 g/mol. The fourth-order valence-electron chi connectivity index (χ4n) is 2.11. The van der Waals surface area contributed by atoms with Gasteiger partial charge in [-0.1, -0.05) is 0 Å². The van der Waals surface area contributed by atoms with Crippen LogP contribution in [0.5, 0.6) is 0 Å². The van der Waals surface area contributed by atoms with Crippen molar-refractivity contribution in [2.24, 2.45) is 0 Å².